The number of amides is 1. The van der Waals surface area contributed by atoms with E-state index in [9.17, 15) is 4.79 Å². The van der Waals surface area contributed by atoms with Crippen molar-refractivity contribution in [1.29, 1.82) is 0 Å². The van der Waals surface area contributed by atoms with Crippen LogP contribution in [0.4, 0.5) is 5.69 Å². The number of carbonyl (C=O) groups is 1. The fraction of sp³-hybridized carbons (Fsp3) is 0.381. The molecule has 1 aliphatic rings. The Balaban J connectivity index is 1.71. The molecule has 1 amide bonds. The maximum Gasteiger partial charge on any atom is 0.255 e. The van der Waals surface area contributed by atoms with Crippen molar-refractivity contribution in [3.63, 3.8) is 0 Å². The molecule has 3 heteroatoms. The normalized spacial score (nSPS) is 15.0. The molecule has 0 aliphatic heterocycles. The summed E-state index contributed by atoms with van der Waals surface area (Å²) in [5.41, 5.74) is 2.89. The summed E-state index contributed by atoms with van der Waals surface area (Å²) in [6.45, 7) is 0.721. The summed E-state index contributed by atoms with van der Waals surface area (Å²) in [4.78, 5) is 14.9. The number of carbonyl (C=O) groups excluding carboxylic acids is 1. The summed E-state index contributed by atoms with van der Waals surface area (Å²) >= 11 is 0. The predicted octanol–water partition coefficient (Wildman–Crippen LogP) is 4.70. The first-order valence-electron chi connectivity index (χ1n) is 8.89. The van der Waals surface area contributed by atoms with Crippen molar-refractivity contribution in [2.75, 3.05) is 12.4 Å². The topological polar surface area (TPSA) is 32.3 Å². The van der Waals surface area contributed by atoms with Gasteiger partial charge in [0.2, 0.25) is 0 Å². The number of anilines is 1. The summed E-state index contributed by atoms with van der Waals surface area (Å²) in [5, 5.41) is 3.42. The number of para-hydroxylation sites is 1. The molecular weight excluding hydrogens is 296 g/mol. The zero-order valence-corrected chi connectivity index (χ0v) is 14.4. The summed E-state index contributed by atoms with van der Waals surface area (Å²) in [5.74, 6) is 0.123. The van der Waals surface area contributed by atoms with Gasteiger partial charge in [-0.25, -0.2) is 0 Å². The number of hydrogen-bond donors (Lipinski definition) is 1. The second kappa shape index (κ2) is 8.00. The Kier molecular flexibility index (Phi) is 5.52. The zero-order valence-electron chi connectivity index (χ0n) is 14.4. The summed E-state index contributed by atoms with van der Waals surface area (Å²) in [6.07, 6.45) is 6.02. The van der Waals surface area contributed by atoms with Gasteiger partial charge < -0.3 is 10.2 Å². The lowest BCUT2D eigenvalue weighted by atomic mass is 9.94. The molecule has 0 bridgehead atoms. The third-order valence-corrected chi connectivity index (χ3v) is 4.93. The molecule has 0 saturated heterocycles. The fourth-order valence-electron chi connectivity index (χ4n) is 3.44. The van der Waals surface area contributed by atoms with Gasteiger partial charge in [0, 0.05) is 25.3 Å². The molecule has 0 atom stereocenters. The molecule has 2 aromatic carbocycles. The zero-order chi connectivity index (χ0) is 16.8. The summed E-state index contributed by atoms with van der Waals surface area (Å²) in [7, 11) is 1.95. The standard InChI is InChI=1S/C21H26N2O/c1-23(18-12-6-3-7-13-18)21(24)19-14-8-9-15-20(19)22-16-17-10-4-2-5-11-17/h2,4-5,8-11,14-15,18,22H,3,6-7,12-13,16H2,1H3. The molecule has 126 valence electrons. The van der Waals surface area contributed by atoms with Gasteiger partial charge in [-0.3, -0.25) is 4.79 Å². The van der Waals surface area contributed by atoms with Crippen LogP contribution in [-0.2, 0) is 6.54 Å². The van der Waals surface area contributed by atoms with E-state index in [0.717, 1.165) is 30.6 Å². The molecule has 0 spiro atoms. The van der Waals surface area contributed by atoms with Gasteiger partial charge in [0.1, 0.15) is 0 Å². The minimum absolute atomic E-state index is 0.123. The highest BCUT2D eigenvalue weighted by atomic mass is 16.2. The highest BCUT2D eigenvalue weighted by Crippen LogP contribution is 2.25. The van der Waals surface area contributed by atoms with Gasteiger partial charge in [0.25, 0.3) is 5.91 Å². The van der Waals surface area contributed by atoms with Crippen molar-refractivity contribution < 1.29 is 4.79 Å². The second-order valence-electron chi connectivity index (χ2n) is 6.59. The van der Waals surface area contributed by atoms with Crippen LogP contribution in [0.1, 0.15) is 48.0 Å². The maximum atomic E-state index is 13.0. The molecule has 0 unspecified atom stereocenters. The van der Waals surface area contributed by atoms with Crippen molar-refractivity contribution in [1.82, 2.24) is 4.90 Å². The van der Waals surface area contributed by atoms with E-state index >= 15 is 0 Å². The van der Waals surface area contributed by atoms with E-state index in [1.165, 1.54) is 24.8 Å². The Morgan fingerprint density at radius 3 is 2.42 bits per heavy atom. The Labute approximate surface area is 144 Å². The van der Waals surface area contributed by atoms with Crippen molar-refractivity contribution >= 4 is 11.6 Å². The first-order chi connectivity index (χ1) is 11.8. The molecule has 1 aliphatic carbocycles. The average molecular weight is 322 g/mol. The molecule has 1 fully saturated rings. The van der Waals surface area contributed by atoms with Crippen LogP contribution in [0.3, 0.4) is 0 Å². The first kappa shape index (κ1) is 16.6. The minimum Gasteiger partial charge on any atom is -0.380 e. The van der Waals surface area contributed by atoms with Gasteiger partial charge >= 0.3 is 0 Å². The predicted molar refractivity (Wildman–Crippen MR) is 99.2 cm³/mol. The van der Waals surface area contributed by atoms with Crippen molar-refractivity contribution in [3.05, 3.63) is 65.7 Å². The molecule has 24 heavy (non-hydrogen) atoms. The average Bonchev–Trinajstić information content (AvgIpc) is 2.67. The molecular formula is C21H26N2O. The van der Waals surface area contributed by atoms with Gasteiger partial charge in [-0.1, -0.05) is 61.7 Å². The molecule has 0 aromatic heterocycles. The van der Waals surface area contributed by atoms with Crippen LogP contribution in [0.2, 0.25) is 0 Å². The van der Waals surface area contributed by atoms with Crippen LogP contribution in [0, 0.1) is 0 Å². The van der Waals surface area contributed by atoms with E-state index in [0.29, 0.717) is 6.04 Å². The van der Waals surface area contributed by atoms with Gasteiger partial charge in [0.05, 0.1) is 5.56 Å². The van der Waals surface area contributed by atoms with Crippen LogP contribution in [-0.4, -0.2) is 23.9 Å². The van der Waals surface area contributed by atoms with Crippen LogP contribution in [0.25, 0.3) is 0 Å². The monoisotopic (exact) mass is 322 g/mol. The number of nitrogens with one attached hydrogen (secondary N) is 1. The minimum atomic E-state index is 0.123. The van der Waals surface area contributed by atoms with E-state index in [1.54, 1.807) is 0 Å². The lowest BCUT2D eigenvalue weighted by molar-refractivity contribution is 0.0697. The Bertz CT molecular complexity index is 663. The maximum absolute atomic E-state index is 13.0. The smallest absolute Gasteiger partial charge is 0.255 e. The van der Waals surface area contributed by atoms with Crippen LogP contribution in [0.15, 0.2) is 54.6 Å². The fourth-order valence-corrected chi connectivity index (χ4v) is 3.44. The van der Waals surface area contributed by atoms with Crippen LogP contribution < -0.4 is 5.32 Å². The van der Waals surface area contributed by atoms with E-state index in [-0.39, 0.29) is 5.91 Å². The van der Waals surface area contributed by atoms with Crippen LogP contribution >= 0.6 is 0 Å². The highest BCUT2D eigenvalue weighted by molar-refractivity contribution is 5.99. The van der Waals surface area contributed by atoms with Gasteiger partial charge in [-0.2, -0.15) is 0 Å². The largest absolute Gasteiger partial charge is 0.380 e. The van der Waals surface area contributed by atoms with Crippen molar-refractivity contribution in [2.24, 2.45) is 0 Å². The third kappa shape index (κ3) is 3.97. The molecule has 1 N–H and O–H groups in total. The molecule has 3 nitrogen and oxygen atoms in total. The lowest BCUT2D eigenvalue weighted by Gasteiger charge is -2.31. The lowest BCUT2D eigenvalue weighted by Crippen LogP contribution is -2.38. The SMILES string of the molecule is CN(C(=O)c1ccccc1NCc1ccccc1)C1CCCCC1. The highest BCUT2D eigenvalue weighted by Gasteiger charge is 2.24. The molecule has 1 saturated carbocycles. The van der Waals surface area contributed by atoms with Crippen molar-refractivity contribution in [2.45, 2.75) is 44.7 Å². The Morgan fingerprint density at radius 2 is 1.67 bits per heavy atom. The Morgan fingerprint density at radius 1 is 1.00 bits per heavy atom. The number of rotatable bonds is 5. The quantitative estimate of drug-likeness (QED) is 0.865. The van der Waals surface area contributed by atoms with E-state index in [4.69, 9.17) is 0 Å². The van der Waals surface area contributed by atoms with E-state index in [1.807, 2.05) is 54.4 Å². The van der Waals surface area contributed by atoms with E-state index < -0.39 is 0 Å². The van der Waals surface area contributed by atoms with Gasteiger partial charge in [-0.15, -0.1) is 0 Å². The number of nitrogens with zero attached hydrogens (tertiary/aromatic N) is 1. The first-order valence-corrected chi connectivity index (χ1v) is 8.89. The summed E-state index contributed by atoms with van der Waals surface area (Å²) in [6, 6.07) is 18.5. The number of hydrogen-bond acceptors (Lipinski definition) is 2. The van der Waals surface area contributed by atoms with Crippen LogP contribution in [0.5, 0.6) is 0 Å². The van der Waals surface area contributed by atoms with Gasteiger partial charge in [0.15, 0.2) is 0 Å². The summed E-state index contributed by atoms with van der Waals surface area (Å²) < 4.78 is 0. The van der Waals surface area contributed by atoms with Crippen molar-refractivity contribution in [3.8, 4) is 0 Å². The second-order valence-corrected chi connectivity index (χ2v) is 6.59. The van der Waals surface area contributed by atoms with Gasteiger partial charge in [-0.05, 0) is 30.5 Å². The number of benzene rings is 2. The molecule has 3 rings (SSSR count). The molecule has 0 radical (unpaired) electrons. The molecule has 0 heterocycles. The third-order valence-electron chi connectivity index (χ3n) is 4.93. The van der Waals surface area contributed by atoms with E-state index in [2.05, 4.69) is 17.4 Å². The molecule has 2 aromatic rings. The Hall–Kier alpha value is -2.29.